The summed E-state index contributed by atoms with van der Waals surface area (Å²) in [6, 6.07) is 42.1. The van der Waals surface area contributed by atoms with Gasteiger partial charge in [0.1, 0.15) is 6.23 Å². The minimum Gasteiger partial charge on any atom is -0.374 e. The van der Waals surface area contributed by atoms with Crippen molar-refractivity contribution in [2.24, 2.45) is 0 Å². The number of rotatable bonds is 1. The van der Waals surface area contributed by atoms with Crippen molar-refractivity contribution < 1.29 is 5.11 Å². The van der Waals surface area contributed by atoms with Gasteiger partial charge in [-0.2, -0.15) is 0 Å². The number of para-hydroxylation sites is 2. The molecule has 1 N–H and O–H groups in total. The van der Waals surface area contributed by atoms with Gasteiger partial charge in [0.2, 0.25) is 0 Å². The number of hydrogen-bond acceptors (Lipinski definition) is 4. The lowest BCUT2D eigenvalue weighted by Crippen LogP contribution is -2.39. The standard InChI is InChI=1S/C34H26N2OS/c1-35-21-22-20-23(18-19-24(22)33(35)37)36-29-14-6-2-10-25(29)34(26-11-3-7-15-30(26)36)27-12-4-8-16-31(27)38-32-17-9-5-13-28(32)34/h2-20,33,37H,21H2,1H3. The third kappa shape index (κ3) is 2.83. The molecule has 0 aliphatic carbocycles. The highest BCUT2D eigenvalue weighted by Gasteiger charge is 2.50. The fourth-order valence-corrected chi connectivity index (χ4v) is 8.00. The van der Waals surface area contributed by atoms with Crippen LogP contribution in [0.3, 0.4) is 0 Å². The molecule has 0 aromatic heterocycles. The summed E-state index contributed by atoms with van der Waals surface area (Å²) in [5.74, 6) is 0. The fourth-order valence-electron chi connectivity index (χ4n) is 6.81. The first kappa shape index (κ1) is 22.2. The number of anilines is 3. The number of fused-ring (bicyclic) bond motifs is 9. The second kappa shape index (κ2) is 8.08. The van der Waals surface area contributed by atoms with Crippen molar-refractivity contribution in [3.05, 3.63) is 149 Å². The Morgan fingerprint density at radius 3 is 1.82 bits per heavy atom. The first-order valence-electron chi connectivity index (χ1n) is 13.0. The van der Waals surface area contributed by atoms with E-state index in [-0.39, 0.29) is 0 Å². The molecule has 0 fully saturated rings. The SMILES string of the molecule is CN1Cc2cc(N3c4ccccc4C4(c5ccccc5Sc5ccccc54)c4ccccc43)ccc2C1O. The summed E-state index contributed by atoms with van der Waals surface area (Å²) >= 11 is 1.87. The molecule has 5 aromatic carbocycles. The van der Waals surface area contributed by atoms with E-state index in [4.69, 9.17) is 0 Å². The third-order valence-electron chi connectivity index (χ3n) is 8.40. The minimum atomic E-state index is -0.545. The van der Waals surface area contributed by atoms with Crippen molar-refractivity contribution in [1.82, 2.24) is 4.90 Å². The summed E-state index contributed by atoms with van der Waals surface area (Å²) < 4.78 is 0. The van der Waals surface area contributed by atoms with Crippen LogP contribution in [0, 0.1) is 0 Å². The van der Waals surface area contributed by atoms with E-state index >= 15 is 0 Å². The summed E-state index contributed by atoms with van der Waals surface area (Å²) in [7, 11) is 1.97. The van der Waals surface area contributed by atoms with Crippen LogP contribution in [0.15, 0.2) is 125 Å². The monoisotopic (exact) mass is 510 g/mol. The lowest BCUT2D eigenvalue weighted by atomic mass is 9.62. The van der Waals surface area contributed by atoms with Crippen molar-refractivity contribution in [3.8, 4) is 0 Å². The Kier molecular flexibility index (Phi) is 4.72. The van der Waals surface area contributed by atoms with Crippen molar-refractivity contribution in [2.45, 2.75) is 28.0 Å². The Morgan fingerprint density at radius 2 is 1.21 bits per heavy atom. The maximum atomic E-state index is 10.6. The van der Waals surface area contributed by atoms with Gasteiger partial charge in [0, 0.05) is 22.0 Å². The Morgan fingerprint density at radius 1 is 0.684 bits per heavy atom. The third-order valence-corrected chi connectivity index (χ3v) is 9.55. The van der Waals surface area contributed by atoms with Gasteiger partial charge in [-0.3, -0.25) is 4.90 Å². The summed E-state index contributed by atoms with van der Waals surface area (Å²) in [5, 5.41) is 10.6. The normalized spacial score (nSPS) is 18.4. The van der Waals surface area contributed by atoms with Gasteiger partial charge in [-0.1, -0.05) is 90.6 Å². The zero-order valence-corrected chi connectivity index (χ0v) is 21.8. The molecule has 1 spiro atoms. The van der Waals surface area contributed by atoms with Gasteiger partial charge in [0.15, 0.2) is 0 Å². The molecule has 5 aromatic rings. The molecule has 3 aliphatic heterocycles. The van der Waals surface area contributed by atoms with E-state index in [0.717, 1.165) is 17.8 Å². The quantitative estimate of drug-likeness (QED) is 0.244. The van der Waals surface area contributed by atoms with Crippen LogP contribution in [0.2, 0.25) is 0 Å². The largest absolute Gasteiger partial charge is 0.374 e. The van der Waals surface area contributed by atoms with Crippen LogP contribution in [0.5, 0.6) is 0 Å². The van der Waals surface area contributed by atoms with Crippen molar-refractivity contribution in [2.75, 3.05) is 11.9 Å². The minimum absolute atomic E-state index is 0.421. The van der Waals surface area contributed by atoms with Crippen LogP contribution >= 0.6 is 11.8 Å². The maximum Gasteiger partial charge on any atom is 0.133 e. The Bertz CT molecular complexity index is 1650. The van der Waals surface area contributed by atoms with Gasteiger partial charge in [0.05, 0.1) is 16.8 Å². The number of hydrogen-bond donors (Lipinski definition) is 1. The molecule has 1 atom stereocenters. The molecule has 0 amide bonds. The molecule has 38 heavy (non-hydrogen) atoms. The van der Waals surface area contributed by atoms with E-state index in [1.165, 1.54) is 49.0 Å². The second-order valence-corrected chi connectivity index (χ2v) is 11.5. The van der Waals surface area contributed by atoms with E-state index in [1.807, 2.05) is 23.7 Å². The molecular formula is C34H26N2OS. The van der Waals surface area contributed by atoms with Crippen LogP contribution in [0.1, 0.15) is 39.6 Å². The molecule has 3 aliphatic rings. The topological polar surface area (TPSA) is 26.7 Å². The van der Waals surface area contributed by atoms with Gasteiger partial charge < -0.3 is 10.0 Å². The highest BCUT2D eigenvalue weighted by Crippen LogP contribution is 2.62. The first-order chi connectivity index (χ1) is 18.7. The molecule has 0 saturated carbocycles. The van der Waals surface area contributed by atoms with Crippen LogP contribution in [-0.4, -0.2) is 17.1 Å². The van der Waals surface area contributed by atoms with E-state index in [2.05, 4.69) is 120 Å². The van der Waals surface area contributed by atoms with Crippen LogP contribution < -0.4 is 4.90 Å². The number of benzene rings is 5. The number of nitrogens with zero attached hydrogens (tertiary/aromatic N) is 2. The van der Waals surface area contributed by atoms with Crippen molar-refractivity contribution >= 4 is 28.8 Å². The van der Waals surface area contributed by atoms with E-state index < -0.39 is 11.6 Å². The van der Waals surface area contributed by atoms with Gasteiger partial charge >= 0.3 is 0 Å². The maximum absolute atomic E-state index is 10.6. The van der Waals surface area contributed by atoms with Gasteiger partial charge in [-0.05, 0) is 76.8 Å². The number of aliphatic hydroxyl groups is 1. The average Bonchev–Trinajstić information content (AvgIpc) is 3.25. The molecular weight excluding hydrogens is 484 g/mol. The molecule has 0 saturated heterocycles. The Balaban J connectivity index is 1.46. The summed E-state index contributed by atoms with van der Waals surface area (Å²) in [6.45, 7) is 0.739. The lowest BCUT2D eigenvalue weighted by molar-refractivity contribution is 0.0337. The number of aliphatic hydroxyl groups excluding tert-OH is 1. The van der Waals surface area contributed by atoms with E-state index in [0.29, 0.717) is 0 Å². The van der Waals surface area contributed by atoms with Gasteiger partial charge in [-0.25, -0.2) is 0 Å². The lowest BCUT2D eigenvalue weighted by Gasteiger charge is -2.49. The Labute approximate surface area is 227 Å². The molecule has 4 heteroatoms. The zero-order valence-electron chi connectivity index (χ0n) is 21.0. The zero-order chi connectivity index (χ0) is 25.4. The first-order valence-corrected chi connectivity index (χ1v) is 13.9. The van der Waals surface area contributed by atoms with Crippen LogP contribution in [-0.2, 0) is 12.0 Å². The van der Waals surface area contributed by atoms with Crippen LogP contribution in [0.25, 0.3) is 0 Å². The fraction of sp³-hybridized carbons (Fsp3) is 0.118. The molecule has 8 rings (SSSR count). The molecule has 184 valence electrons. The smallest absolute Gasteiger partial charge is 0.133 e. The predicted molar refractivity (Wildman–Crippen MR) is 154 cm³/mol. The highest BCUT2D eigenvalue weighted by atomic mass is 32.2. The summed E-state index contributed by atoms with van der Waals surface area (Å²) in [6.07, 6.45) is -0.545. The van der Waals surface area contributed by atoms with Crippen molar-refractivity contribution in [3.63, 3.8) is 0 Å². The van der Waals surface area contributed by atoms with Gasteiger partial charge in [-0.15, -0.1) is 0 Å². The highest BCUT2D eigenvalue weighted by molar-refractivity contribution is 7.99. The van der Waals surface area contributed by atoms with Gasteiger partial charge in [0.25, 0.3) is 0 Å². The van der Waals surface area contributed by atoms with E-state index in [9.17, 15) is 5.11 Å². The molecule has 1 unspecified atom stereocenters. The van der Waals surface area contributed by atoms with Crippen molar-refractivity contribution in [1.29, 1.82) is 0 Å². The summed E-state index contributed by atoms with van der Waals surface area (Å²) in [4.78, 5) is 7.00. The van der Waals surface area contributed by atoms with E-state index in [1.54, 1.807) is 0 Å². The Hall–Kier alpha value is -3.83. The molecule has 0 radical (unpaired) electrons. The molecule has 3 nitrogen and oxygen atoms in total. The molecule has 0 bridgehead atoms. The molecule has 3 heterocycles. The van der Waals surface area contributed by atoms with Crippen LogP contribution in [0.4, 0.5) is 17.1 Å². The second-order valence-electron chi connectivity index (χ2n) is 10.4. The summed E-state index contributed by atoms with van der Waals surface area (Å²) in [5.41, 5.74) is 10.5. The predicted octanol–water partition coefficient (Wildman–Crippen LogP) is 7.75. The average molecular weight is 511 g/mol.